The van der Waals surface area contributed by atoms with Gasteiger partial charge in [-0.05, 0) is 22.6 Å². The van der Waals surface area contributed by atoms with Crippen LogP contribution in [0.3, 0.4) is 0 Å². The molecule has 1 N–H and O–H groups in total. The molecule has 7 heteroatoms. The van der Waals surface area contributed by atoms with Gasteiger partial charge in [0.15, 0.2) is 0 Å². The number of alkyl halides is 2. The Balaban J connectivity index is 3.48. The van der Waals surface area contributed by atoms with E-state index >= 15 is 0 Å². The van der Waals surface area contributed by atoms with Gasteiger partial charge in [-0.1, -0.05) is 0 Å². The number of halogens is 3. The molecule has 15 heavy (non-hydrogen) atoms. The van der Waals surface area contributed by atoms with Gasteiger partial charge in [0.1, 0.15) is 11.8 Å². The van der Waals surface area contributed by atoms with Gasteiger partial charge in [0.25, 0.3) is 6.43 Å². The first-order valence-corrected chi connectivity index (χ1v) is 4.66. The summed E-state index contributed by atoms with van der Waals surface area (Å²) in [5.74, 6) is -1.30. The Hall–Kier alpha value is -1.30. The summed E-state index contributed by atoms with van der Waals surface area (Å²) in [7, 11) is 0. The van der Waals surface area contributed by atoms with Crippen LogP contribution in [0.4, 0.5) is 8.78 Å². The van der Waals surface area contributed by atoms with Crippen LogP contribution in [0.25, 0.3) is 0 Å². The van der Waals surface area contributed by atoms with Crippen molar-refractivity contribution in [1.29, 1.82) is 5.26 Å². The van der Waals surface area contributed by atoms with E-state index in [1.807, 2.05) is 0 Å². The summed E-state index contributed by atoms with van der Waals surface area (Å²) in [4.78, 5) is 13.9. The molecule has 0 aliphatic rings. The van der Waals surface area contributed by atoms with Gasteiger partial charge in [0.05, 0.1) is 11.1 Å². The Kier molecular flexibility index (Phi) is 3.52. The fourth-order valence-electron chi connectivity index (χ4n) is 0.923. The summed E-state index contributed by atoms with van der Waals surface area (Å²) < 4.78 is 24.7. The molecular formula is C8H3F2IN2O2. The molecule has 4 nitrogen and oxygen atoms in total. The highest BCUT2D eigenvalue weighted by Gasteiger charge is 2.21. The highest BCUT2D eigenvalue weighted by atomic mass is 127. The maximum atomic E-state index is 12.4. The van der Waals surface area contributed by atoms with Crippen molar-refractivity contribution in [3.8, 4) is 6.07 Å². The summed E-state index contributed by atoms with van der Waals surface area (Å²) in [6, 6.07) is 1.53. The van der Waals surface area contributed by atoms with Crippen molar-refractivity contribution in [2.45, 2.75) is 6.43 Å². The number of carboxylic acid groups (broad SMARTS) is 1. The van der Waals surface area contributed by atoms with Gasteiger partial charge in [0.2, 0.25) is 0 Å². The number of nitrogens with zero attached hydrogens (tertiary/aromatic N) is 2. The van der Waals surface area contributed by atoms with E-state index in [0.717, 1.165) is 6.20 Å². The fraction of sp³-hybridized carbons (Fsp3) is 0.125. The molecule has 1 rings (SSSR count). The van der Waals surface area contributed by atoms with Crippen molar-refractivity contribution in [2.24, 2.45) is 0 Å². The summed E-state index contributed by atoms with van der Waals surface area (Å²) >= 11 is 1.54. The molecule has 0 bridgehead atoms. The number of rotatable bonds is 2. The second kappa shape index (κ2) is 4.48. The highest BCUT2D eigenvalue weighted by Crippen LogP contribution is 2.25. The smallest absolute Gasteiger partial charge is 0.338 e. The molecule has 0 amide bonds. The van der Waals surface area contributed by atoms with Crippen molar-refractivity contribution in [2.75, 3.05) is 0 Å². The predicted octanol–water partition coefficient (Wildman–Crippen LogP) is 2.19. The molecule has 0 aliphatic heterocycles. The standard InChI is InChI=1S/C8H3F2IN2O2/c9-7(10)6-3(1-12)5(11)4(2-13-6)8(14)15/h2,7H,(H,14,15). The van der Waals surface area contributed by atoms with Crippen molar-refractivity contribution in [1.82, 2.24) is 4.98 Å². The average Bonchev–Trinajstić information content (AvgIpc) is 2.16. The van der Waals surface area contributed by atoms with Crippen LogP contribution in [0.2, 0.25) is 0 Å². The maximum Gasteiger partial charge on any atom is 0.338 e. The van der Waals surface area contributed by atoms with Crippen molar-refractivity contribution in [3.63, 3.8) is 0 Å². The lowest BCUT2D eigenvalue weighted by atomic mass is 10.1. The highest BCUT2D eigenvalue weighted by molar-refractivity contribution is 14.1. The Morgan fingerprint density at radius 2 is 2.27 bits per heavy atom. The van der Waals surface area contributed by atoms with E-state index in [1.165, 1.54) is 28.7 Å². The zero-order chi connectivity index (χ0) is 11.6. The zero-order valence-corrected chi connectivity index (χ0v) is 9.20. The van der Waals surface area contributed by atoms with Gasteiger partial charge < -0.3 is 5.11 Å². The van der Waals surface area contributed by atoms with E-state index in [9.17, 15) is 13.6 Å². The summed E-state index contributed by atoms with van der Waals surface area (Å²) in [6.45, 7) is 0. The van der Waals surface area contributed by atoms with Gasteiger partial charge in [-0.25, -0.2) is 13.6 Å². The van der Waals surface area contributed by atoms with Crippen LogP contribution < -0.4 is 0 Å². The van der Waals surface area contributed by atoms with E-state index in [-0.39, 0.29) is 14.7 Å². The van der Waals surface area contributed by atoms with Gasteiger partial charge in [-0.3, -0.25) is 4.98 Å². The Morgan fingerprint density at radius 1 is 1.67 bits per heavy atom. The van der Waals surface area contributed by atoms with Gasteiger partial charge >= 0.3 is 5.97 Å². The first-order chi connectivity index (χ1) is 6.99. The molecule has 0 saturated heterocycles. The molecule has 0 fully saturated rings. The summed E-state index contributed by atoms with van der Waals surface area (Å²) in [5.41, 5.74) is -1.33. The van der Waals surface area contributed by atoms with Crippen LogP contribution in [-0.4, -0.2) is 16.1 Å². The first-order valence-electron chi connectivity index (χ1n) is 3.59. The molecule has 1 heterocycles. The fourth-order valence-corrected chi connectivity index (χ4v) is 1.69. The Bertz CT molecular complexity index is 457. The summed E-state index contributed by atoms with van der Waals surface area (Å²) in [6.07, 6.45) is -2.07. The maximum absolute atomic E-state index is 12.4. The quantitative estimate of drug-likeness (QED) is 0.847. The molecule has 0 saturated carbocycles. The molecule has 0 radical (unpaired) electrons. The van der Waals surface area contributed by atoms with Crippen LogP contribution in [0, 0.1) is 14.9 Å². The zero-order valence-electron chi connectivity index (χ0n) is 7.04. The molecular weight excluding hydrogens is 321 g/mol. The van der Waals surface area contributed by atoms with Crippen LogP contribution in [0.1, 0.15) is 28.0 Å². The number of hydrogen-bond acceptors (Lipinski definition) is 3. The SMILES string of the molecule is N#Cc1c(C(F)F)ncc(C(=O)O)c1I. The predicted molar refractivity (Wildman–Crippen MR) is 53.6 cm³/mol. The van der Waals surface area contributed by atoms with E-state index < -0.39 is 18.1 Å². The van der Waals surface area contributed by atoms with E-state index in [1.54, 1.807) is 0 Å². The number of aromatic nitrogens is 1. The van der Waals surface area contributed by atoms with E-state index in [0.29, 0.717) is 0 Å². The van der Waals surface area contributed by atoms with Crippen LogP contribution in [0.5, 0.6) is 0 Å². The number of aromatic carboxylic acids is 1. The lowest BCUT2D eigenvalue weighted by Crippen LogP contribution is -2.07. The summed E-state index contributed by atoms with van der Waals surface area (Å²) in [5, 5.41) is 17.3. The van der Waals surface area contributed by atoms with Gasteiger partial charge in [-0.15, -0.1) is 0 Å². The second-order valence-corrected chi connectivity index (χ2v) is 3.54. The molecule has 1 aromatic rings. The minimum Gasteiger partial charge on any atom is -0.478 e. The minimum atomic E-state index is -2.89. The Labute approximate surface area is 96.7 Å². The first kappa shape index (κ1) is 11.8. The number of carbonyl (C=O) groups is 1. The normalized spacial score (nSPS) is 10.1. The lowest BCUT2D eigenvalue weighted by molar-refractivity contribution is 0.0694. The van der Waals surface area contributed by atoms with Crippen LogP contribution in [-0.2, 0) is 0 Å². The molecule has 0 aliphatic carbocycles. The van der Waals surface area contributed by atoms with Gasteiger partial charge in [0, 0.05) is 9.77 Å². The van der Waals surface area contributed by atoms with Gasteiger partial charge in [-0.2, -0.15) is 5.26 Å². The average molecular weight is 324 g/mol. The largest absolute Gasteiger partial charge is 0.478 e. The molecule has 0 spiro atoms. The monoisotopic (exact) mass is 324 g/mol. The third kappa shape index (κ3) is 2.20. The number of carboxylic acids is 1. The minimum absolute atomic E-state index is 0.0205. The third-order valence-electron chi connectivity index (χ3n) is 1.59. The van der Waals surface area contributed by atoms with Crippen LogP contribution >= 0.6 is 22.6 Å². The molecule has 0 unspecified atom stereocenters. The topological polar surface area (TPSA) is 74.0 Å². The second-order valence-electron chi connectivity index (χ2n) is 2.46. The lowest BCUT2D eigenvalue weighted by Gasteiger charge is -2.05. The van der Waals surface area contributed by atoms with Crippen molar-refractivity contribution in [3.05, 3.63) is 26.6 Å². The molecule has 1 aromatic heterocycles. The Morgan fingerprint density at radius 3 is 2.67 bits per heavy atom. The number of hydrogen-bond donors (Lipinski definition) is 1. The van der Waals surface area contributed by atoms with E-state index in [4.69, 9.17) is 10.4 Å². The molecule has 0 aromatic carbocycles. The molecule has 0 atom stereocenters. The van der Waals surface area contributed by atoms with E-state index in [2.05, 4.69) is 4.98 Å². The number of pyridine rings is 1. The molecule has 78 valence electrons. The van der Waals surface area contributed by atoms with Crippen molar-refractivity contribution >= 4 is 28.6 Å². The van der Waals surface area contributed by atoms with Crippen LogP contribution in [0.15, 0.2) is 6.20 Å². The third-order valence-corrected chi connectivity index (χ3v) is 2.71. The number of nitriles is 1. The van der Waals surface area contributed by atoms with Crippen molar-refractivity contribution < 1.29 is 18.7 Å².